The zero-order valence-corrected chi connectivity index (χ0v) is 37.1. The van der Waals surface area contributed by atoms with Crippen molar-refractivity contribution in [1.82, 2.24) is 0 Å². The molecule has 0 aromatic heterocycles. The van der Waals surface area contributed by atoms with Crippen LogP contribution >= 0.6 is 0 Å². The van der Waals surface area contributed by atoms with Gasteiger partial charge in [-0.25, -0.2) is 0 Å². The van der Waals surface area contributed by atoms with Gasteiger partial charge in [0.05, 0.1) is 25.6 Å². The Hall–Kier alpha value is -1.32. The number of carbonyl (C=O) groups is 2. The number of unbranched alkanes of at least 4 members (excludes halogenated alkanes) is 35. The van der Waals surface area contributed by atoms with Gasteiger partial charge in [-0.15, -0.1) is 0 Å². The van der Waals surface area contributed by atoms with E-state index in [1.54, 1.807) is 0 Å². The molecule has 0 aliphatic heterocycles. The van der Waals surface area contributed by atoms with Crippen LogP contribution in [-0.2, 0) is 19.1 Å². The van der Waals surface area contributed by atoms with Crippen LogP contribution in [0.2, 0.25) is 0 Å². The Kier molecular flexibility index (Phi) is 44.9. The molecule has 54 heavy (non-hydrogen) atoms. The van der Waals surface area contributed by atoms with Gasteiger partial charge >= 0.3 is 11.9 Å². The highest BCUT2D eigenvalue weighted by atomic mass is 16.5. The lowest BCUT2D eigenvalue weighted by atomic mass is 10.0. The summed E-state index contributed by atoms with van der Waals surface area (Å²) in [5.74, 6) is -0.931. The van der Waals surface area contributed by atoms with E-state index in [2.05, 4.69) is 32.9 Å². The lowest BCUT2D eigenvalue weighted by Gasteiger charge is -2.14. The average Bonchev–Trinajstić information content (AvgIpc) is 3.17. The molecule has 0 aromatic rings. The van der Waals surface area contributed by atoms with Crippen molar-refractivity contribution in [2.75, 3.05) is 13.2 Å². The van der Waals surface area contributed by atoms with Crippen molar-refractivity contribution in [2.45, 2.75) is 278 Å². The van der Waals surface area contributed by atoms with E-state index in [-0.39, 0.29) is 18.4 Å². The SMILES string of the molecule is CCCCCCCCCCCCCCCCC/C=C/CC(CC(=O)OCCCCCCCCCCCCC)C(=O)OCCCCCCCCCCCCC. The second-order valence-corrected chi connectivity index (χ2v) is 16.8. The molecule has 4 heteroatoms. The maximum absolute atomic E-state index is 13.1. The molecule has 0 rings (SSSR count). The van der Waals surface area contributed by atoms with E-state index >= 15 is 0 Å². The van der Waals surface area contributed by atoms with Gasteiger partial charge in [0, 0.05) is 0 Å². The van der Waals surface area contributed by atoms with E-state index in [0.29, 0.717) is 19.6 Å². The molecular formula is C50H96O4. The minimum atomic E-state index is -0.445. The van der Waals surface area contributed by atoms with E-state index in [1.807, 2.05) is 0 Å². The quantitative estimate of drug-likeness (QED) is 0.0352. The van der Waals surface area contributed by atoms with E-state index in [0.717, 1.165) is 32.1 Å². The highest BCUT2D eigenvalue weighted by Gasteiger charge is 2.23. The number of carbonyl (C=O) groups excluding carboxylic acids is 2. The molecule has 0 radical (unpaired) electrons. The van der Waals surface area contributed by atoms with E-state index < -0.39 is 5.92 Å². The molecule has 0 N–H and O–H groups in total. The first-order valence-electron chi connectivity index (χ1n) is 24.6. The van der Waals surface area contributed by atoms with Crippen molar-refractivity contribution in [3.8, 4) is 0 Å². The predicted molar refractivity (Wildman–Crippen MR) is 236 cm³/mol. The maximum atomic E-state index is 13.1. The maximum Gasteiger partial charge on any atom is 0.309 e. The summed E-state index contributed by atoms with van der Waals surface area (Å²) >= 11 is 0. The van der Waals surface area contributed by atoms with Crippen LogP contribution in [0.15, 0.2) is 12.2 Å². The molecule has 0 fully saturated rings. The third-order valence-electron chi connectivity index (χ3n) is 11.3. The van der Waals surface area contributed by atoms with Crippen molar-refractivity contribution in [1.29, 1.82) is 0 Å². The number of hydrogen-bond acceptors (Lipinski definition) is 4. The molecular weight excluding hydrogens is 665 g/mol. The Balaban J connectivity index is 4.25. The summed E-state index contributed by atoms with van der Waals surface area (Å²) in [6.45, 7) is 7.75. The van der Waals surface area contributed by atoms with Crippen LogP contribution in [0.4, 0.5) is 0 Å². The van der Waals surface area contributed by atoms with E-state index in [4.69, 9.17) is 9.47 Å². The predicted octanol–water partition coefficient (Wildman–Crippen LogP) is 16.9. The van der Waals surface area contributed by atoms with Gasteiger partial charge in [-0.3, -0.25) is 9.59 Å². The normalized spacial score (nSPS) is 12.1. The molecule has 1 unspecified atom stereocenters. The lowest BCUT2D eigenvalue weighted by molar-refractivity contribution is -0.155. The molecule has 0 aliphatic rings. The summed E-state index contributed by atoms with van der Waals surface area (Å²) in [4.78, 5) is 25.8. The first-order chi connectivity index (χ1) is 26.7. The molecule has 0 aromatic carbocycles. The fourth-order valence-corrected chi connectivity index (χ4v) is 7.54. The van der Waals surface area contributed by atoms with Crippen molar-refractivity contribution in [3.63, 3.8) is 0 Å². The van der Waals surface area contributed by atoms with Crippen molar-refractivity contribution >= 4 is 11.9 Å². The summed E-state index contributed by atoms with van der Waals surface area (Å²) in [5.41, 5.74) is 0. The van der Waals surface area contributed by atoms with Gasteiger partial charge in [0.1, 0.15) is 0 Å². The third-order valence-corrected chi connectivity index (χ3v) is 11.3. The molecule has 0 spiro atoms. The number of esters is 2. The summed E-state index contributed by atoms with van der Waals surface area (Å²) in [6.07, 6.45) is 54.7. The van der Waals surface area contributed by atoms with Gasteiger partial charge in [-0.05, 0) is 32.1 Å². The molecule has 0 saturated carbocycles. The van der Waals surface area contributed by atoms with Crippen LogP contribution in [0.5, 0.6) is 0 Å². The lowest BCUT2D eigenvalue weighted by Crippen LogP contribution is -2.22. The van der Waals surface area contributed by atoms with Gasteiger partial charge in [-0.1, -0.05) is 251 Å². The van der Waals surface area contributed by atoms with Gasteiger partial charge in [0.2, 0.25) is 0 Å². The zero-order chi connectivity index (χ0) is 39.3. The summed E-state index contributed by atoms with van der Waals surface area (Å²) in [5, 5.41) is 0. The summed E-state index contributed by atoms with van der Waals surface area (Å²) in [7, 11) is 0. The van der Waals surface area contributed by atoms with Gasteiger partial charge in [0.25, 0.3) is 0 Å². The molecule has 0 bridgehead atoms. The van der Waals surface area contributed by atoms with E-state index in [9.17, 15) is 9.59 Å². The zero-order valence-electron chi connectivity index (χ0n) is 37.1. The molecule has 4 nitrogen and oxygen atoms in total. The second-order valence-electron chi connectivity index (χ2n) is 16.8. The number of hydrogen-bond donors (Lipinski definition) is 0. The van der Waals surface area contributed by atoms with Crippen LogP contribution in [0, 0.1) is 5.92 Å². The summed E-state index contributed by atoms with van der Waals surface area (Å²) < 4.78 is 11.3. The van der Waals surface area contributed by atoms with Crippen LogP contribution in [0.1, 0.15) is 278 Å². The Morgan fingerprint density at radius 2 is 0.667 bits per heavy atom. The van der Waals surface area contributed by atoms with Crippen LogP contribution in [0.3, 0.4) is 0 Å². The highest BCUT2D eigenvalue weighted by Crippen LogP contribution is 2.18. The largest absolute Gasteiger partial charge is 0.466 e. The van der Waals surface area contributed by atoms with Crippen LogP contribution in [-0.4, -0.2) is 25.2 Å². The van der Waals surface area contributed by atoms with Crippen molar-refractivity contribution < 1.29 is 19.1 Å². The topological polar surface area (TPSA) is 52.6 Å². The monoisotopic (exact) mass is 761 g/mol. The fourth-order valence-electron chi connectivity index (χ4n) is 7.54. The Morgan fingerprint density at radius 3 is 1.02 bits per heavy atom. The fraction of sp³-hybridized carbons (Fsp3) is 0.920. The number of allylic oxidation sites excluding steroid dienone is 2. The Labute approximate surface area is 338 Å². The average molecular weight is 761 g/mol. The number of ether oxygens (including phenoxy) is 2. The van der Waals surface area contributed by atoms with Gasteiger partial charge in [0.15, 0.2) is 0 Å². The molecule has 0 heterocycles. The van der Waals surface area contributed by atoms with Crippen LogP contribution < -0.4 is 0 Å². The minimum Gasteiger partial charge on any atom is -0.466 e. The molecule has 0 saturated heterocycles. The first kappa shape index (κ1) is 52.7. The van der Waals surface area contributed by atoms with Crippen molar-refractivity contribution in [3.05, 3.63) is 12.2 Å². The highest BCUT2D eigenvalue weighted by molar-refractivity contribution is 5.80. The van der Waals surface area contributed by atoms with Gasteiger partial charge < -0.3 is 9.47 Å². The molecule has 320 valence electrons. The number of rotatable bonds is 45. The standard InChI is InChI=1S/C50H96O4/c1-4-7-10-13-16-19-22-23-24-25-26-27-28-29-32-35-38-41-44-48(50(52)54-46-43-40-37-34-31-21-18-15-12-9-6-3)47-49(51)53-45-42-39-36-33-30-20-17-14-11-8-5-2/h38,41,48H,4-37,39-40,42-47H2,1-3H3/b41-38+. The smallest absolute Gasteiger partial charge is 0.309 e. The van der Waals surface area contributed by atoms with Crippen LogP contribution in [0.25, 0.3) is 0 Å². The Morgan fingerprint density at radius 1 is 0.370 bits per heavy atom. The molecule has 1 atom stereocenters. The third kappa shape index (κ3) is 41.8. The van der Waals surface area contributed by atoms with Crippen molar-refractivity contribution in [2.24, 2.45) is 5.92 Å². The molecule has 0 aliphatic carbocycles. The Bertz CT molecular complexity index is 777. The minimum absolute atomic E-state index is 0.123. The second kappa shape index (κ2) is 46.1. The first-order valence-corrected chi connectivity index (χ1v) is 24.6. The summed E-state index contributed by atoms with van der Waals surface area (Å²) in [6, 6.07) is 0. The molecule has 0 amide bonds. The van der Waals surface area contributed by atoms with Gasteiger partial charge in [-0.2, -0.15) is 0 Å². The van der Waals surface area contributed by atoms with E-state index in [1.165, 1.54) is 212 Å².